The van der Waals surface area contributed by atoms with Gasteiger partial charge in [-0.05, 0) is 58.2 Å². The molecular formula is C21H29N3O5S2. The van der Waals surface area contributed by atoms with Gasteiger partial charge in [-0.2, -0.15) is 4.99 Å². The van der Waals surface area contributed by atoms with Crippen molar-refractivity contribution in [1.82, 2.24) is 9.47 Å². The summed E-state index contributed by atoms with van der Waals surface area (Å²) >= 11 is 1.31. The van der Waals surface area contributed by atoms with E-state index in [1.165, 1.54) is 11.3 Å². The van der Waals surface area contributed by atoms with Crippen LogP contribution in [0.1, 0.15) is 40.0 Å². The Hall–Kier alpha value is -2.20. The number of benzene rings is 1. The lowest BCUT2D eigenvalue weighted by Gasteiger charge is -2.33. The topological polar surface area (TPSA) is 98.0 Å². The average Bonchev–Trinajstić information content (AvgIpc) is 3.03. The third-order valence-corrected chi connectivity index (χ3v) is 7.73. The van der Waals surface area contributed by atoms with Crippen LogP contribution in [0.5, 0.6) is 5.75 Å². The molecule has 0 saturated carbocycles. The number of amides is 2. The third kappa shape index (κ3) is 5.74. The molecule has 170 valence electrons. The fraction of sp³-hybridized carbons (Fsp3) is 0.571. The number of rotatable bonds is 7. The van der Waals surface area contributed by atoms with Crippen LogP contribution in [0.4, 0.5) is 0 Å². The summed E-state index contributed by atoms with van der Waals surface area (Å²) in [4.78, 5) is 31.0. The van der Waals surface area contributed by atoms with E-state index in [0.29, 0.717) is 24.5 Å². The van der Waals surface area contributed by atoms with E-state index in [-0.39, 0.29) is 6.04 Å². The summed E-state index contributed by atoms with van der Waals surface area (Å²) in [5.41, 5.74) is 0.902. The number of fused-ring (bicyclic) bond motifs is 1. The number of carbonyl (C=O) groups excluding carboxylic acids is 2. The van der Waals surface area contributed by atoms with E-state index in [4.69, 9.17) is 4.74 Å². The number of nitrogens with zero attached hydrogens (tertiary/aromatic N) is 3. The van der Waals surface area contributed by atoms with Crippen molar-refractivity contribution < 1.29 is 22.7 Å². The molecule has 3 rings (SSSR count). The largest absolute Gasteiger partial charge is 0.494 e. The molecule has 0 aliphatic carbocycles. The van der Waals surface area contributed by atoms with Crippen LogP contribution in [0.25, 0.3) is 10.2 Å². The van der Waals surface area contributed by atoms with Crippen molar-refractivity contribution in [1.29, 1.82) is 0 Å². The number of thiazole rings is 1. The van der Waals surface area contributed by atoms with Gasteiger partial charge in [-0.3, -0.25) is 9.59 Å². The smallest absolute Gasteiger partial charge is 0.263 e. The molecule has 1 aliphatic rings. The van der Waals surface area contributed by atoms with E-state index in [2.05, 4.69) is 4.99 Å². The molecule has 1 fully saturated rings. The molecule has 2 heterocycles. The fourth-order valence-corrected chi connectivity index (χ4v) is 6.04. The summed E-state index contributed by atoms with van der Waals surface area (Å²) < 4.78 is 33.3. The molecule has 10 heteroatoms. The highest BCUT2D eigenvalue weighted by Crippen LogP contribution is 2.23. The van der Waals surface area contributed by atoms with Crippen LogP contribution in [0, 0.1) is 0 Å². The lowest BCUT2D eigenvalue weighted by atomic mass is 10.0. The Bertz CT molecular complexity index is 1130. The number of piperidine rings is 1. The van der Waals surface area contributed by atoms with E-state index in [1.807, 2.05) is 43.5 Å². The highest BCUT2D eigenvalue weighted by Gasteiger charge is 2.28. The molecule has 2 aromatic rings. The van der Waals surface area contributed by atoms with Gasteiger partial charge in [0.1, 0.15) is 17.3 Å². The lowest BCUT2D eigenvalue weighted by molar-refractivity contribution is -0.131. The van der Waals surface area contributed by atoms with Crippen LogP contribution >= 0.6 is 11.3 Å². The number of carbonyl (C=O) groups is 2. The SMILES string of the molecule is CCOc1ccc2c(c1)sc(=NC(=O)CS(=O)(=O)CC(=O)N1CCCCC1C)n2CC. The van der Waals surface area contributed by atoms with Crippen molar-refractivity contribution >= 4 is 43.2 Å². The first-order valence-corrected chi connectivity index (χ1v) is 13.2. The minimum Gasteiger partial charge on any atom is -0.494 e. The quantitative estimate of drug-likeness (QED) is 0.623. The van der Waals surface area contributed by atoms with Gasteiger partial charge in [-0.1, -0.05) is 11.3 Å². The molecule has 8 nitrogen and oxygen atoms in total. The van der Waals surface area contributed by atoms with Gasteiger partial charge in [-0.15, -0.1) is 0 Å². The van der Waals surface area contributed by atoms with Gasteiger partial charge in [0.25, 0.3) is 5.91 Å². The molecule has 2 amide bonds. The number of likely N-dealkylation sites (tertiary alicyclic amines) is 1. The first kappa shape index (κ1) is 23.5. The average molecular weight is 468 g/mol. The zero-order valence-corrected chi connectivity index (χ0v) is 19.8. The van der Waals surface area contributed by atoms with Crippen LogP contribution in [0.2, 0.25) is 0 Å². The first-order valence-electron chi connectivity index (χ1n) is 10.6. The van der Waals surface area contributed by atoms with Crippen molar-refractivity contribution in [3.63, 3.8) is 0 Å². The molecule has 0 N–H and O–H groups in total. The number of hydrogen-bond acceptors (Lipinski definition) is 6. The van der Waals surface area contributed by atoms with Crippen molar-refractivity contribution in [3.8, 4) is 5.75 Å². The molecule has 1 saturated heterocycles. The van der Waals surface area contributed by atoms with Crippen molar-refractivity contribution in [3.05, 3.63) is 23.0 Å². The number of sulfone groups is 1. The number of ether oxygens (including phenoxy) is 1. The Balaban J connectivity index is 1.78. The Morgan fingerprint density at radius 2 is 2.00 bits per heavy atom. The number of aryl methyl sites for hydroxylation is 1. The number of aromatic nitrogens is 1. The minimum absolute atomic E-state index is 0.0282. The highest BCUT2D eigenvalue weighted by atomic mass is 32.2. The summed E-state index contributed by atoms with van der Waals surface area (Å²) in [7, 11) is -3.90. The predicted octanol–water partition coefficient (Wildman–Crippen LogP) is 2.36. The molecule has 1 atom stereocenters. The van der Waals surface area contributed by atoms with Gasteiger partial charge in [0.15, 0.2) is 14.6 Å². The predicted molar refractivity (Wildman–Crippen MR) is 121 cm³/mol. The second kappa shape index (κ2) is 9.95. The summed E-state index contributed by atoms with van der Waals surface area (Å²) in [6, 6.07) is 5.67. The Morgan fingerprint density at radius 3 is 2.68 bits per heavy atom. The zero-order chi connectivity index (χ0) is 22.6. The van der Waals surface area contributed by atoms with E-state index in [9.17, 15) is 18.0 Å². The van der Waals surface area contributed by atoms with Gasteiger partial charge >= 0.3 is 0 Å². The number of hydrogen-bond donors (Lipinski definition) is 0. The molecular weight excluding hydrogens is 438 g/mol. The molecule has 1 aliphatic heterocycles. The van der Waals surface area contributed by atoms with E-state index < -0.39 is 33.2 Å². The third-order valence-electron chi connectivity index (χ3n) is 5.31. The summed E-state index contributed by atoms with van der Waals surface area (Å²) in [6.07, 6.45) is 2.78. The van der Waals surface area contributed by atoms with Gasteiger partial charge in [0.2, 0.25) is 5.91 Å². The fourth-order valence-electron chi connectivity index (χ4n) is 3.82. The molecule has 1 aromatic carbocycles. The standard InChI is InChI=1S/C21H29N3O5S2/c1-4-23-17-10-9-16(29-5-2)12-18(17)30-21(23)22-19(25)13-31(27,28)14-20(26)24-11-7-6-8-15(24)3/h9-10,12,15H,4-8,11,13-14H2,1-3H3. The maximum absolute atomic E-state index is 12.5. The van der Waals surface area contributed by atoms with Crippen molar-refractivity contribution in [2.24, 2.45) is 4.99 Å². The van der Waals surface area contributed by atoms with Gasteiger partial charge in [-0.25, -0.2) is 8.42 Å². The van der Waals surface area contributed by atoms with Crippen LogP contribution in [-0.4, -0.2) is 60.4 Å². The molecule has 1 unspecified atom stereocenters. The molecule has 0 radical (unpaired) electrons. The second-order valence-electron chi connectivity index (χ2n) is 7.66. The Kier molecular flexibility index (Phi) is 7.53. The Labute approximate surface area is 186 Å². The van der Waals surface area contributed by atoms with Crippen LogP contribution in [-0.2, 0) is 26.0 Å². The zero-order valence-electron chi connectivity index (χ0n) is 18.2. The highest BCUT2D eigenvalue weighted by molar-refractivity contribution is 7.92. The summed E-state index contributed by atoms with van der Waals surface area (Å²) in [5, 5.41) is 0. The molecule has 31 heavy (non-hydrogen) atoms. The Morgan fingerprint density at radius 1 is 1.23 bits per heavy atom. The maximum Gasteiger partial charge on any atom is 0.263 e. The van der Waals surface area contributed by atoms with Crippen LogP contribution in [0.3, 0.4) is 0 Å². The lowest BCUT2D eigenvalue weighted by Crippen LogP contribution is -2.45. The van der Waals surface area contributed by atoms with Crippen molar-refractivity contribution in [2.75, 3.05) is 24.7 Å². The second-order valence-corrected chi connectivity index (χ2v) is 10.7. The summed E-state index contributed by atoms with van der Waals surface area (Å²) in [5.74, 6) is -1.91. The van der Waals surface area contributed by atoms with Gasteiger partial charge in [0.05, 0.1) is 16.8 Å². The molecule has 1 aromatic heterocycles. The van der Waals surface area contributed by atoms with Crippen LogP contribution in [0.15, 0.2) is 23.2 Å². The maximum atomic E-state index is 12.5. The van der Waals surface area contributed by atoms with Gasteiger partial charge < -0.3 is 14.2 Å². The summed E-state index contributed by atoms with van der Waals surface area (Å²) in [6.45, 7) is 7.45. The monoisotopic (exact) mass is 467 g/mol. The molecule has 0 bridgehead atoms. The minimum atomic E-state index is -3.90. The molecule has 0 spiro atoms. The first-order chi connectivity index (χ1) is 14.7. The van der Waals surface area contributed by atoms with Crippen LogP contribution < -0.4 is 9.54 Å². The van der Waals surface area contributed by atoms with E-state index >= 15 is 0 Å². The van der Waals surface area contributed by atoms with Crippen molar-refractivity contribution in [2.45, 2.75) is 52.6 Å². The van der Waals surface area contributed by atoms with E-state index in [0.717, 1.165) is 35.2 Å². The van der Waals surface area contributed by atoms with E-state index in [1.54, 1.807) is 4.90 Å². The normalized spacial score (nSPS) is 17.8. The van der Waals surface area contributed by atoms with Gasteiger partial charge in [0, 0.05) is 19.1 Å².